The summed E-state index contributed by atoms with van der Waals surface area (Å²) in [4.78, 5) is 12.4. The van der Waals surface area contributed by atoms with Gasteiger partial charge in [-0.2, -0.15) is 0 Å². The van der Waals surface area contributed by atoms with E-state index < -0.39 is 15.8 Å². The lowest BCUT2D eigenvalue weighted by molar-refractivity contribution is -0.121. The van der Waals surface area contributed by atoms with Gasteiger partial charge in [-0.1, -0.05) is 48.5 Å². The molecule has 3 rings (SSSR count). The number of nitrogens with zero attached hydrogens (tertiary/aromatic N) is 1. The van der Waals surface area contributed by atoms with Crippen LogP contribution in [0.25, 0.3) is 0 Å². The van der Waals surface area contributed by atoms with Crippen LogP contribution in [0.3, 0.4) is 0 Å². The van der Waals surface area contributed by atoms with Gasteiger partial charge in [0.2, 0.25) is 15.9 Å². The Morgan fingerprint density at radius 1 is 0.867 bits per heavy atom. The molecule has 0 aliphatic carbocycles. The second-order valence-electron chi connectivity index (χ2n) is 6.54. The number of amides is 1. The second-order valence-corrected chi connectivity index (χ2v) is 8.31. The monoisotopic (exact) mass is 427 g/mol. The van der Waals surface area contributed by atoms with Crippen molar-refractivity contribution in [2.24, 2.45) is 0 Å². The number of benzene rings is 3. The molecule has 0 atom stereocenters. The number of carbonyl (C=O) groups is 1. The third-order valence-corrected chi connectivity index (χ3v) is 5.76. The van der Waals surface area contributed by atoms with Gasteiger partial charge in [0.05, 0.1) is 17.1 Å². The van der Waals surface area contributed by atoms with E-state index in [4.69, 9.17) is 0 Å². The zero-order valence-corrected chi connectivity index (χ0v) is 17.0. The lowest BCUT2D eigenvalue weighted by Crippen LogP contribution is -2.43. The molecule has 30 heavy (non-hydrogen) atoms. The highest BCUT2D eigenvalue weighted by Gasteiger charge is 2.15. The first-order valence-corrected chi connectivity index (χ1v) is 10.8. The molecule has 3 aromatic rings. The van der Waals surface area contributed by atoms with E-state index in [9.17, 15) is 17.6 Å². The number of rotatable bonds is 9. The Labute approximate surface area is 175 Å². The number of sulfonamides is 1. The number of carbonyl (C=O) groups excluding carboxylic acids is 1. The van der Waals surface area contributed by atoms with Crippen molar-refractivity contribution in [1.29, 1.82) is 0 Å². The summed E-state index contributed by atoms with van der Waals surface area (Å²) in [6.07, 6.45) is -0.0570. The van der Waals surface area contributed by atoms with Crippen LogP contribution in [0.15, 0.2) is 89.8 Å². The molecule has 0 spiro atoms. The van der Waals surface area contributed by atoms with Crippen molar-refractivity contribution in [3.63, 3.8) is 0 Å². The third kappa shape index (κ3) is 6.13. The standard InChI is InChI=1S/C22H22FN3O3S/c23-19-11-13-21(14-12-19)30(28,29)24-16-15-22(27)25-26(20-9-5-2-6-10-20)17-18-7-3-1-4-8-18/h1-14,24H,15-17H2,(H,25,27). The predicted octanol–water partition coefficient (Wildman–Crippen LogP) is 3.23. The molecule has 1 amide bonds. The van der Waals surface area contributed by atoms with Crippen LogP contribution in [0, 0.1) is 5.82 Å². The summed E-state index contributed by atoms with van der Waals surface area (Å²) in [5, 5.41) is 1.71. The summed E-state index contributed by atoms with van der Waals surface area (Å²) in [6, 6.07) is 23.5. The maximum atomic E-state index is 13.0. The summed E-state index contributed by atoms with van der Waals surface area (Å²) in [7, 11) is -3.81. The molecular formula is C22H22FN3O3S. The van der Waals surface area contributed by atoms with Crippen LogP contribution in [0.5, 0.6) is 0 Å². The van der Waals surface area contributed by atoms with Crippen molar-refractivity contribution in [3.05, 3.63) is 96.3 Å². The zero-order valence-electron chi connectivity index (χ0n) is 16.2. The highest BCUT2D eigenvalue weighted by Crippen LogP contribution is 2.15. The van der Waals surface area contributed by atoms with Gasteiger partial charge in [-0.05, 0) is 42.0 Å². The van der Waals surface area contributed by atoms with E-state index in [1.54, 1.807) is 5.01 Å². The first-order valence-electron chi connectivity index (χ1n) is 9.35. The first-order chi connectivity index (χ1) is 14.4. The molecule has 0 heterocycles. The highest BCUT2D eigenvalue weighted by molar-refractivity contribution is 7.89. The van der Waals surface area contributed by atoms with E-state index in [-0.39, 0.29) is 23.8 Å². The van der Waals surface area contributed by atoms with Crippen molar-refractivity contribution >= 4 is 21.6 Å². The molecule has 0 bridgehead atoms. The SMILES string of the molecule is O=C(CCNS(=O)(=O)c1ccc(F)cc1)NN(Cc1ccccc1)c1ccccc1. The molecule has 3 aromatic carbocycles. The predicted molar refractivity (Wildman–Crippen MR) is 113 cm³/mol. The van der Waals surface area contributed by atoms with Crippen molar-refractivity contribution in [2.75, 3.05) is 11.6 Å². The molecule has 6 nitrogen and oxygen atoms in total. The number of hydrogen-bond acceptors (Lipinski definition) is 4. The van der Waals surface area contributed by atoms with Crippen LogP contribution in [0.4, 0.5) is 10.1 Å². The molecule has 0 saturated carbocycles. The number of anilines is 1. The van der Waals surface area contributed by atoms with Crippen molar-refractivity contribution < 1.29 is 17.6 Å². The summed E-state index contributed by atoms with van der Waals surface area (Å²) < 4.78 is 39.8. The number of halogens is 1. The maximum Gasteiger partial charge on any atom is 0.240 e. The van der Waals surface area contributed by atoms with Gasteiger partial charge in [0.15, 0.2) is 0 Å². The van der Waals surface area contributed by atoms with Crippen LogP contribution in [-0.2, 0) is 21.4 Å². The van der Waals surface area contributed by atoms with Gasteiger partial charge in [-0.3, -0.25) is 15.2 Å². The van der Waals surface area contributed by atoms with Gasteiger partial charge in [0.25, 0.3) is 0 Å². The molecule has 156 valence electrons. The van der Waals surface area contributed by atoms with Crippen molar-refractivity contribution in [1.82, 2.24) is 10.1 Å². The fraction of sp³-hybridized carbons (Fsp3) is 0.136. The Hall–Kier alpha value is -3.23. The Balaban J connectivity index is 1.59. The van der Waals surface area contributed by atoms with Crippen LogP contribution in [-0.4, -0.2) is 20.9 Å². The normalized spacial score (nSPS) is 11.1. The number of para-hydroxylation sites is 1. The Morgan fingerprint density at radius 2 is 1.47 bits per heavy atom. The molecule has 0 aromatic heterocycles. The quantitative estimate of drug-likeness (QED) is 0.514. The van der Waals surface area contributed by atoms with Gasteiger partial charge in [0, 0.05) is 13.0 Å². The van der Waals surface area contributed by atoms with E-state index >= 15 is 0 Å². The number of hydrazine groups is 1. The van der Waals surface area contributed by atoms with Gasteiger partial charge < -0.3 is 0 Å². The van der Waals surface area contributed by atoms with Crippen molar-refractivity contribution in [3.8, 4) is 0 Å². The Morgan fingerprint density at radius 3 is 2.10 bits per heavy atom. The van der Waals surface area contributed by atoms with Gasteiger partial charge >= 0.3 is 0 Å². The summed E-state index contributed by atoms with van der Waals surface area (Å²) in [5.74, 6) is -0.857. The number of hydrogen-bond donors (Lipinski definition) is 2. The molecule has 8 heteroatoms. The maximum absolute atomic E-state index is 13.0. The smallest absolute Gasteiger partial charge is 0.240 e. The van der Waals surface area contributed by atoms with Crippen LogP contribution >= 0.6 is 0 Å². The summed E-state index contributed by atoms with van der Waals surface area (Å²) in [5.41, 5.74) is 4.64. The zero-order chi connectivity index (χ0) is 21.4. The molecule has 0 saturated heterocycles. The fourth-order valence-corrected chi connectivity index (χ4v) is 3.80. The van der Waals surface area contributed by atoms with Gasteiger partial charge in [-0.25, -0.2) is 17.5 Å². The van der Waals surface area contributed by atoms with E-state index in [1.807, 2.05) is 60.7 Å². The minimum atomic E-state index is -3.81. The average Bonchev–Trinajstić information content (AvgIpc) is 2.75. The van der Waals surface area contributed by atoms with E-state index in [0.29, 0.717) is 6.54 Å². The average molecular weight is 428 g/mol. The van der Waals surface area contributed by atoms with Gasteiger partial charge in [0.1, 0.15) is 5.82 Å². The van der Waals surface area contributed by atoms with E-state index in [1.165, 1.54) is 12.1 Å². The minimum Gasteiger partial charge on any atom is -0.281 e. The summed E-state index contributed by atoms with van der Waals surface area (Å²) >= 11 is 0. The van der Waals surface area contributed by atoms with Crippen LogP contribution < -0.4 is 15.2 Å². The van der Waals surface area contributed by atoms with E-state index in [0.717, 1.165) is 23.4 Å². The second kappa shape index (κ2) is 10.00. The third-order valence-electron chi connectivity index (χ3n) is 4.28. The lowest BCUT2D eigenvalue weighted by Gasteiger charge is -2.25. The van der Waals surface area contributed by atoms with Crippen LogP contribution in [0.1, 0.15) is 12.0 Å². The molecule has 0 fully saturated rings. The van der Waals surface area contributed by atoms with Crippen molar-refractivity contribution in [2.45, 2.75) is 17.9 Å². The molecule has 0 aliphatic rings. The van der Waals surface area contributed by atoms with Gasteiger partial charge in [-0.15, -0.1) is 0 Å². The number of nitrogens with one attached hydrogen (secondary N) is 2. The molecule has 0 aliphatic heterocycles. The molecule has 2 N–H and O–H groups in total. The molecule has 0 radical (unpaired) electrons. The topological polar surface area (TPSA) is 78.5 Å². The summed E-state index contributed by atoms with van der Waals surface area (Å²) in [6.45, 7) is 0.372. The Kier molecular flexibility index (Phi) is 7.16. The fourth-order valence-electron chi connectivity index (χ4n) is 2.77. The Bertz CT molecular complexity index is 1060. The molecule has 0 unspecified atom stereocenters. The lowest BCUT2D eigenvalue weighted by atomic mass is 10.2. The van der Waals surface area contributed by atoms with Crippen LogP contribution in [0.2, 0.25) is 0 Å². The largest absolute Gasteiger partial charge is 0.281 e. The highest BCUT2D eigenvalue weighted by atomic mass is 32.2. The minimum absolute atomic E-state index is 0.0562. The van der Waals surface area contributed by atoms with E-state index in [2.05, 4.69) is 10.1 Å². The molecular weight excluding hydrogens is 405 g/mol. The first kappa shape index (κ1) is 21.5.